The van der Waals surface area contributed by atoms with Gasteiger partial charge >= 0.3 is 0 Å². The zero-order valence-electron chi connectivity index (χ0n) is 16.5. The molecule has 2 aromatic carbocycles. The lowest BCUT2D eigenvalue weighted by molar-refractivity contribution is -0.138. The van der Waals surface area contributed by atoms with Gasteiger partial charge < -0.3 is 14.4 Å². The Hall–Kier alpha value is -2.57. The molecule has 0 saturated carbocycles. The lowest BCUT2D eigenvalue weighted by Crippen LogP contribution is -2.51. The average Bonchev–Trinajstić information content (AvgIpc) is 3.17. The first kappa shape index (κ1) is 18.8. The molecular weight excluding hydrogens is 354 g/mol. The molecule has 6 nitrogen and oxygen atoms in total. The maximum Gasteiger partial charge on any atom is 0.244 e. The van der Waals surface area contributed by atoms with Gasteiger partial charge in [0, 0.05) is 32.7 Å². The molecule has 0 aromatic heterocycles. The summed E-state index contributed by atoms with van der Waals surface area (Å²) >= 11 is 0. The van der Waals surface area contributed by atoms with Crippen LogP contribution >= 0.6 is 0 Å². The molecule has 0 spiro atoms. The third-order valence-electron chi connectivity index (χ3n) is 5.39. The van der Waals surface area contributed by atoms with Crippen LogP contribution in [0.1, 0.15) is 17.2 Å². The highest BCUT2D eigenvalue weighted by atomic mass is 16.7. The van der Waals surface area contributed by atoms with E-state index >= 15 is 0 Å². The van der Waals surface area contributed by atoms with Crippen LogP contribution in [0.15, 0.2) is 48.5 Å². The Morgan fingerprint density at radius 1 is 1.00 bits per heavy atom. The lowest BCUT2D eigenvalue weighted by Gasteiger charge is -2.37. The Morgan fingerprint density at radius 3 is 2.43 bits per heavy atom. The predicted octanol–water partition coefficient (Wildman–Crippen LogP) is 2.36. The van der Waals surface area contributed by atoms with Crippen LogP contribution in [0.3, 0.4) is 0 Å². The van der Waals surface area contributed by atoms with Gasteiger partial charge in [-0.3, -0.25) is 14.6 Å². The maximum absolute atomic E-state index is 13.2. The number of carbonyl (C=O) groups excluding carboxylic acids is 1. The van der Waals surface area contributed by atoms with Crippen LogP contribution in [0.5, 0.6) is 11.5 Å². The number of likely N-dealkylation sites (N-methyl/N-ethyl adjacent to an activating group) is 1. The highest BCUT2D eigenvalue weighted by Gasteiger charge is 2.30. The molecule has 1 fully saturated rings. The van der Waals surface area contributed by atoms with E-state index in [2.05, 4.69) is 17.0 Å². The molecule has 1 saturated heterocycles. The fourth-order valence-corrected chi connectivity index (χ4v) is 3.89. The van der Waals surface area contributed by atoms with Crippen molar-refractivity contribution in [2.45, 2.75) is 12.6 Å². The second-order valence-electron chi connectivity index (χ2n) is 7.57. The minimum atomic E-state index is -0.235. The normalized spacial score (nSPS) is 17.8. The second-order valence-corrected chi connectivity index (χ2v) is 7.57. The number of benzene rings is 2. The number of nitrogens with zero attached hydrogens (tertiary/aromatic N) is 3. The number of rotatable bonds is 5. The van der Waals surface area contributed by atoms with E-state index in [0.29, 0.717) is 6.79 Å². The third-order valence-corrected chi connectivity index (χ3v) is 5.39. The molecular formula is C22H27N3O3. The summed E-state index contributed by atoms with van der Waals surface area (Å²) in [7, 11) is 3.93. The summed E-state index contributed by atoms with van der Waals surface area (Å²) in [5.41, 5.74) is 2.25. The molecule has 1 unspecified atom stereocenters. The van der Waals surface area contributed by atoms with Crippen LogP contribution in [-0.4, -0.2) is 67.7 Å². The third kappa shape index (κ3) is 3.98. The molecule has 0 bridgehead atoms. The number of carbonyl (C=O) groups is 1. The van der Waals surface area contributed by atoms with E-state index in [4.69, 9.17) is 9.47 Å². The zero-order valence-corrected chi connectivity index (χ0v) is 16.5. The number of hydrogen-bond donors (Lipinski definition) is 0. The van der Waals surface area contributed by atoms with Crippen molar-refractivity contribution in [3.05, 3.63) is 59.7 Å². The number of hydrogen-bond acceptors (Lipinski definition) is 5. The van der Waals surface area contributed by atoms with Gasteiger partial charge in [0.25, 0.3) is 0 Å². The van der Waals surface area contributed by atoms with Crippen molar-refractivity contribution in [3.8, 4) is 11.5 Å². The van der Waals surface area contributed by atoms with Crippen molar-refractivity contribution >= 4 is 5.91 Å². The van der Waals surface area contributed by atoms with E-state index in [1.807, 2.05) is 60.3 Å². The Balaban J connectivity index is 1.36. The number of fused-ring (bicyclic) bond motifs is 1. The molecule has 28 heavy (non-hydrogen) atoms. The maximum atomic E-state index is 13.2. The number of piperazine rings is 1. The van der Waals surface area contributed by atoms with E-state index in [1.54, 1.807) is 0 Å². The van der Waals surface area contributed by atoms with E-state index in [0.717, 1.165) is 49.8 Å². The minimum absolute atomic E-state index is 0.180. The van der Waals surface area contributed by atoms with E-state index in [1.165, 1.54) is 5.56 Å². The van der Waals surface area contributed by atoms with Crippen LogP contribution in [0.25, 0.3) is 0 Å². The zero-order chi connectivity index (χ0) is 19.5. The fourth-order valence-electron chi connectivity index (χ4n) is 3.89. The summed E-state index contributed by atoms with van der Waals surface area (Å²) in [6, 6.07) is 15.9. The first-order chi connectivity index (χ1) is 13.6. The van der Waals surface area contributed by atoms with Gasteiger partial charge in [-0.2, -0.15) is 0 Å². The first-order valence-corrected chi connectivity index (χ1v) is 9.73. The summed E-state index contributed by atoms with van der Waals surface area (Å²) in [6.07, 6.45) is 0. The van der Waals surface area contributed by atoms with Gasteiger partial charge in [0.15, 0.2) is 11.5 Å². The Bertz CT molecular complexity index is 817. The van der Waals surface area contributed by atoms with Crippen molar-refractivity contribution in [2.75, 3.05) is 47.1 Å². The molecule has 148 valence electrons. The average molecular weight is 381 g/mol. The lowest BCUT2D eigenvalue weighted by atomic mass is 10.0. The van der Waals surface area contributed by atoms with Crippen LogP contribution < -0.4 is 9.47 Å². The second kappa shape index (κ2) is 8.20. The Morgan fingerprint density at radius 2 is 1.71 bits per heavy atom. The first-order valence-electron chi connectivity index (χ1n) is 9.73. The molecule has 2 aliphatic heterocycles. The van der Waals surface area contributed by atoms with Crippen molar-refractivity contribution in [2.24, 2.45) is 0 Å². The molecule has 6 heteroatoms. The van der Waals surface area contributed by atoms with E-state index < -0.39 is 0 Å². The largest absolute Gasteiger partial charge is 0.454 e. The number of amides is 1. The van der Waals surface area contributed by atoms with Crippen molar-refractivity contribution < 1.29 is 14.3 Å². The van der Waals surface area contributed by atoms with Crippen LogP contribution in [0.4, 0.5) is 0 Å². The molecule has 4 rings (SSSR count). The molecule has 1 amide bonds. The standard InChI is InChI=1S/C22H27N3O3/c1-23(2)21(18-6-4-3-5-7-18)22(26)25-12-10-24(11-13-25)15-17-8-9-19-20(14-17)28-16-27-19/h3-9,14,21H,10-13,15-16H2,1-2H3. The minimum Gasteiger partial charge on any atom is -0.454 e. The monoisotopic (exact) mass is 381 g/mol. The topological polar surface area (TPSA) is 45.3 Å². The summed E-state index contributed by atoms with van der Waals surface area (Å²) in [4.78, 5) is 19.5. The SMILES string of the molecule is CN(C)C(C(=O)N1CCN(Cc2ccc3c(c2)OCO3)CC1)c1ccccc1. The van der Waals surface area contributed by atoms with Crippen molar-refractivity contribution in [1.29, 1.82) is 0 Å². The van der Waals surface area contributed by atoms with Gasteiger partial charge in [0.1, 0.15) is 6.04 Å². The van der Waals surface area contributed by atoms with Gasteiger partial charge in [0.2, 0.25) is 12.7 Å². The summed E-state index contributed by atoms with van der Waals surface area (Å²) in [5.74, 6) is 1.82. The van der Waals surface area contributed by atoms with Gasteiger partial charge in [-0.05, 0) is 37.4 Å². The smallest absolute Gasteiger partial charge is 0.244 e. The molecule has 1 atom stereocenters. The molecule has 2 aromatic rings. The van der Waals surface area contributed by atoms with Crippen LogP contribution in [-0.2, 0) is 11.3 Å². The van der Waals surface area contributed by atoms with Gasteiger partial charge in [0.05, 0.1) is 0 Å². The molecule has 0 aliphatic carbocycles. The molecule has 0 radical (unpaired) electrons. The predicted molar refractivity (Wildman–Crippen MR) is 107 cm³/mol. The van der Waals surface area contributed by atoms with Crippen LogP contribution in [0, 0.1) is 0 Å². The van der Waals surface area contributed by atoms with E-state index in [9.17, 15) is 4.79 Å². The summed E-state index contributed by atoms with van der Waals surface area (Å²) in [6.45, 7) is 4.40. The van der Waals surface area contributed by atoms with Crippen molar-refractivity contribution in [1.82, 2.24) is 14.7 Å². The molecule has 2 heterocycles. The molecule has 0 N–H and O–H groups in total. The number of ether oxygens (including phenoxy) is 2. The summed E-state index contributed by atoms with van der Waals surface area (Å²) < 4.78 is 10.8. The van der Waals surface area contributed by atoms with Gasteiger partial charge in [-0.15, -0.1) is 0 Å². The Kier molecular flexibility index (Phi) is 5.50. The molecule has 2 aliphatic rings. The van der Waals surface area contributed by atoms with Crippen LogP contribution in [0.2, 0.25) is 0 Å². The highest BCUT2D eigenvalue weighted by molar-refractivity contribution is 5.83. The van der Waals surface area contributed by atoms with Gasteiger partial charge in [-0.25, -0.2) is 0 Å². The summed E-state index contributed by atoms with van der Waals surface area (Å²) in [5, 5.41) is 0. The van der Waals surface area contributed by atoms with Gasteiger partial charge in [-0.1, -0.05) is 36.4 Å². The quantitative estimate of drug-likeness (QED) is 0.796. The van der Waals surface area contributed by atoms with Crippen molar-refractivity contribution in [3.63, 3.8) is 0 Å². The Labute approximate surface area is 166 Å². The fraction of sp³-hybridized carbons (Fsp3) is 0.409. The highest BCUT2D eigenvalue weighted by Crippen LogP contribution is 2.33. The van der Waals surface area contributed by atoms with E-state index in [-0.39, 0.29) is 11.9 Å².